The van der Waals surface area contributed by atoms with E-state index in [0.717, 1.165) is 44.6 Å². The Morgan fingerprint density at radius 1 is 1.00 bits per heavy atom. The molecule has 0 amide bonds. The smallest absolute Gasteiger partial charge is 0.160 e. The van der Waals surface area contributed by atoms with Gasteiger partial charge in [0.15, 0.2) is 5.82 Å². The lowest BCUT2D eigenvalue weighted by molar-refractivity contribution is 0.371. The third-order valence-corrected chi connectivity index (χ3v) is 5.05. The summed E-state index contributed by atoms with van der Waals surface area (Å²) in [6, 6.07) is 21.8. The molecule has 2 N–H and O–H groups in total. The Morgan fingerprint density at radius 3 is 2.71 bits per heavy atom. The highest BCUT2D eigenvalue weighted by molar-refractivity contribution is 5.95. The van der Waals surface area contributed by atoms with Crippen LogP contribution in [0.2, 0.25) is 0 Å². The van der Waals surface area contributed by atoms with E-state index in [1.165, 1.54) is 0 Å². The van der Waals surface area contributed by atoms with E-state index in [9.17, 15) is 0 Å². The molecule has 6 heteroatoms. The first-order valence-corrected chi connectivity index (χ1v) is 9.87. The van der Waals surface area contributed by atoms with Gasteiger partial charge in [-0.3, -0.25) is 0 Å². The highest BCUT2D eigenvalue weighted by Gasteiger charge is 2.10. The lowest BCUT2D eigenvalue weighted by Gasteiger charge is -2.11. The minimum absolute atomic E-state index is 0.225. The van der Waals surface area contributed by atoms with Crippen molar-refractivity contribution >= 4 is 33.3 Å². The molecule has 2 aromatic heterocycles. The van der Waals surface area contributed by atoms with Gasteiger partial charge in [-0.15, -0.1) is 11.5 Å². The number of aromatic nitrogens is 4. The van der Waals surface area contributed by atoms with Crippen LogP contribution < -0.4 is 10.1 Å². The lowest BCUT2D eigenvalue weighted by atomic mass is 10.1. The van der Waals surface area contributed by atoms with Crippen LogP contribution in [-0.2, 0) is 0 Å². The molecule has 0 spiro atoms. The van der Waals surface area contributed by atoms with Crippen LogP contribution in [0.3, 0.4) is 0 Å². The molecule has 5 rings (SSSR count). The highest BCUT2D eigenvalue weighted by atomic mass is 16.5. The Balaban J connectivity index is 1.49. The summed E-state index contributed by atoms with van der Waals surface area (Å²) in [5, 5.41) is 14.0. The van der Waals surface area contributed by atoms with Gasteiger partial charge in [-0.05, 0) is 43.3 Å². The number of rotatable bonds is 5. The lowest BCUT2D eigenvalue weighted by Crippen LogP contribution is -2.00. The molecule has 0 atom stereocenters. The van der Waals surface area contributed by atoms with Crippen LogP contribution in [0.4, 0.5) is 11.5 Å². The predicted molar refractivity (Wildman–Crippen MR) is 123 cm³/mol. The molecule has 0 aliphatic heterocycles. The molecule has 150 valence electrons. The van der Waals surface area contributed by atoms with Gasteiger partial charge in [-0.1, -0.05) is 36.3 Å². The average molecular weight is 405 g/mol. The molecule has 0 aliphatic carbocycles. The van der Waals surface area contributed by atoms with Gasteiger partial charge in [0.25, 0.3) is 0 Å². The Hall–Kier alpha value is -4.37. The molecule has 31 heavy (non-hydrogen) atoms. The number of nitrogens with zero attached hydrogens (tertiary/aromatic N) is 3. The molecule has 0 fully saturated rings. The van der Waals surface area contributed by atoms with E-state index in [0.29, 0.717) is 11.6 Å². The van der Waals surface area contributed by atoms with E-state index in [1.54, 1.807) is 0 Å². The number of benzene rings is 3. The Morgan fingerprint density at radius 2 is 1.87 bits per heavy atom. The number of terminal acetylenes is 1. The zero-order valence-corrected chi connectivity index (χ0v) is 16.9. The van der Waals surface area contributed by atoms with E-state index in [2.05, 4.69) is 26.4 Å². The van der Waals surface area contributed by atoms with Gasteiger partial charge < -0.3 is 15.0 Å². The summed E-state index contributed by atoms with van der Waals surface area (Å²) in [5.41, 5.74) is 4.59. The maximum Gasteiger partial charge on any atom is 0.160 e. The number of ether oxygens (including phenoxy) is 1. The van der Waals surface area contributed by atoms with Gasteiger partial charge in [0.1, 0.15) is 18.2 Å². The van der Waals surface area contributed by atoms with E-state index in [1.807, 2.05) is 73.7 Å². The maximum absolute atomic E-state index is 5.55. The van der Waals surface area contributed by atoms with Gasteiger partial charge in [0.05, 0.1) is 16.7 Å². The van der Waals surface area contributed by atoms with Gasteiger partial charge in [0, 0.05) is 22.0 Å². The normalized spacial score (nSPS) is 10.8. The molecule has 0 aliphatic rings. The van der Waals surface area contributed by atoms with E-state index < -0.39 is 0 Å². The quantitative estimate of drug-likeness (QED) is 0.391. The van der Waals surface area contributed by atoms with E-state index in [-0.39, 0.29) is 6.61 Å². The zero-order chi connectivity index (χ0) is 21.2. The van der Waals surface area contributed by atoms with Crippen LogP contribution in [0.1, 0.15) is 5.69 Å². The third-order valence-electron chi connectivity index (χ3n) is 5.05. The van der Waals surface area contributed by atoms with Gasteiger partial charge in [0.2, 0.25) is 0 Å². The monoisotopic (exact) mass is 405 g/mol. The second-order valence-corrected chi connectivity index (χ2v) is 7.14. The van der Waals surface area contributed by atoms with Crippen LogP contribution >= 0.6 is 0 Å². The van der Waals surface area contributed by atoms with Crippen molar-refractivity contribution in [3.63, 3.8) is 0 Å². The fourth-order valence-corrected chi connectivity index (χ4v) is 3.52. The SMILES string of the molecule is C#CCOc1ccc2c(Nc3ccc4[nH]c(-c5ccccc5)nc4c3)nnc(C)c2c1. The second-order valence-electron chi connectivity index (χ2n) is 7.14. The molecular formula is C25H19N5O. The Kier molecular flexibility index (Phi) is 4.70. The number of anilines is 2. The Labute approximate surface area is 179 Å². The van der Waals surface area contributed by atoms with Crippen LogP contribution in [0.25, 0.3) is 33.2 Å². The number of fused-ring (bicyclic) bond motifs is 2. The van der Waals surface area contributed by atoms with E-state index in [4.69, 9.17) is 16.1 Å². The summed E-state index contributed by atoms with van der Waals surface area (Å²) in [7, 11) is 0. The van der Waals surface area contributed by atoms with Crippen molar-refractivity contribution in [2.45, 2.75) is 6.92 Å². The van der Waals surface area contributed by atoms with Crippen LogP contribution in [-0.4, -0.2) is 26.8 Å². The zero-order valence-electron chi connectivity index (χ0n) is 16.9. The molecular weight excluding hydrogens is 386 g/mol. The first-order valence-electron chi connectivity index (χ1n) is 9.87. The molecule has 0 radical (unpaired) electrons. The van der Waals surface area contributed by atoms with Crippen molar-refractivity contribution in [2.24, 2.45) is 0 Å². The van der Waals surface area contributed by atoms with Crippen LogP contribution in [0, 0.1) is 19.3 Å². The van der Waals surface area contributed by atoms with Crippen molar-refractivity contribution < 1.29 is 4.74 Å². The molecule has 2 heterocycles. The van der Waals surface area contributed by atoms with Crippen LogP contribution in [0.5, 0.6) is 5.75 Å². The summed E-state index contributed by atoms with van der Waals surface area (Å²) in [5.74, 6) is 4.70. The van der Waals surface area contributed by atoms with Gasteiger partial charge in [-0.25, -0.2) is 4.98 Å². The fraction of sp³-hybridized carbons (Fsp3) is 0.0800. The molecule has 0 saturated heterocycles. The number of hydrogen-bond donors (Lipinski definition) is 2. The van der Waals surface area contributed by atoms with Crippen molar-refractivity contribution in [1.82, 2.24) is 20.2 Å². The summed E-state index contributed by atoms with van der Waals surface area (Å²) >= 11 is 0. The van der Waals surface area contributed by atoms with E-state index >= 15 is 0 Å². The average Bonchev–Trinajstić information content (AvgIpc) is 3.24. The van der Waals surface area contributed by atoms with Gasteiger partial charge >= 0.3 is 0 Å². The largest absolute Gasteiger partial charge is 0.481 e. The number of imidazole rings is 1. The minimum atomic E-state index is 0.225. The van der Waals surface area contributed by atoms with Crippen molar-refractivity contribution in [3.8, 4) is 29.5 Å². The van der Waals surface area contributed by atoms with Crippen molar-refractivity contribution in [2.75, 3.05) is 11.9 Å². The number of H-pyrrole nitrogens is 1. The minimum Gasteiger partial charge on any atom is -0.481 e. The number of nitrogens with one attached hydrogen (secondary N) is 2. The first-order chi connectivity index (χ1) is 15.2. The summed E-state index contributed by atoms with van der Waals surface area (Å²) in [6.07, 6.45) is 5.29. The molecule has 0 saturated carbocycles. The predicted octanol–water partition coefficient (Wildman–Crippen LogP) is 5.24. The molecule has 0 bridgehead atoms. The summed E-state index contributed by atoms with van der Waals surface area (Å²) in [6.45, 7) is 2.15. The summed E-state index contributed by atoms with van der Waals surface area (Å²) in [4.78, 5) is 8.11. The van der Waals surface area contributed by atoms with Crippen molar-refractivity contribution in [1.29, 1.82) is 0 Å². The van der Waals surface area contributed by atoms with Crippen LogP contribution in [0.15, 0.2) is 66.7 Å². The van der Waals surface area contributed by atoms with Gasteiger partial charge in [-0.2, -0.15) is 5.10 Å². The number of hydrogen-bond acceptors (Lipinski definition) is 5. The second kappa shape index (κ2) is 7.81. The van der Waals surface area contributed by atoms with Crippen molar-refractivity contribution in [3.05, 3.63) is 72.4 Å². The molecule has 6 nitrogen and oxygen atoms in total. The topological polar surface area (TPSA) is 75.7 Å². The first kappa shape index (κ1) is 18.6. The standard InChI is InChI=1S/C25H19N5O/c1-3-13-31-19-10-11-20-21(15-19)16(2)29-30-25(20)26-18-9-12-22-23(14-18)28-24(27-22)17-7-5-4-6-8-17/h1,4-12,14-15H,13H2,2H3,(H,26,30)(H,27,28). The molecule has 3 aromatic carbocycles. The third kappa shape index (κ3) is 3.65. The maximum atomic E-state index is 5.55. The molecule has 5 aromatic rings. The number of aryl methyl sites for hydroxylation is 1. The molecule has 0 unspecified atom stereocenters. The highest BCUT2D eigenvalue weighted by Crippen LogP contribution is 2.30. The number of aromatic amines is 1. The summed E-state index contributed by atoms with van der Waals surface area (Å²) < 4.78 is 5.55. The Bertz CT molecular complexity index is 1430. The fourth-order valence-electron chi connectivity index (χ4n) is 3.52.